The zero-order valence-electron chi connectivity index (χ0n) is 12.0. The molecular formula is C14H9N7O3. The Morgan fingerprint density at radius 2 is 1.71 bits per heavy atom. The van der Waals surface area contributed by atoms with E-state index >= 15 is 0 Å². The lowest BCUT2D eigenvalue weighted by atomic mass is 10.1. The monoisotopic (exact) mass is 323 g/mol. The Labute approximate surface area is 133 Å². The fraction of sp³-hybridized carbons (Fsp3) is 0. The second kappa shape index (κ2) is 4.84. The lowest BCUT2D eigenvalue weighted by Crippen LogP contribution is -2.24. The van der Waals surface area contributed by atoms with Crippen molar-refractivity contribution >= 4 is 17.6 Å². The van der Waals surface area contributed by atoms with Gasteiger partial charge in [-0.05, 0) is 34.7 Å². The Bertz CT molecular complexity index is 1040. The van der Waals surface area contributed by atoms with E-state index in [1.165, 1.54) is 15.6 Å². The fourth-order valence-electron chi connectivity index (χ4n) is 2.58. The molecule has 118 valence electrons. The predicted molar refractivity (Wildman–Crippen MR) is 81.0 cm³/mol. The van der Waals surface area contributed by atoms with Crippen LogP contribution in [0.2, 0.25) is 0 Å². The van der Waals surface area contributed by atoms with Crippen molar-refractivity contribution in [3.63, 3.8) is 0 Å². The molecule has 4 rings (SSSR count). The average molecular weight is 323 g/mol. The number of fused-ring (bicyclic) bond motifs is 1. The van der Waals surface area contributed by atoms with Gasteiger partial charge < -0.3 is 5.73 Å². The van der Waals surface area contributed by atoms with Crippen molar-refractivity contribution in [2.75, 3.05) is 5.73 Å². The van der Waals surface area contributed by atoms with Crippen molar-refractivity contribution < 1.29 is 9.59 Å². The average Bonchev–Trinajstić information content (AvgIpc) is 3.17. The Kier molecular flexibility index (Phi) is 2.79. The van der Waals surface area contributed by atoms with Gasteiger partial charge in [-0.3, -0.25) is 24.3 Å². The summed E-state index contributed by atoms with van der Waals surface area (Å²) in [7, 11) is 0. The van der Waals surface area contributed by atoms with E-state index in [0.29, 0.717) is 11.4 Å². The molecule has 10 nitrogen and oxygen atoms in total. The second-order valence-electron chi connectivity index (χ2n) is 5.05. The topological polar surface area (TPSA) is 138 Å². The third-order valence-corrected chi connectivity index (χ3v) is 3.67. The molecule has 1 aromatic carbocycles. The summed E-state index contributed by atoms with van der Waals surface area (Å²) in [6, 6.07) is 7.75. The SMILES string of the molecule is Nc1c2c(cc(=O)n1-c1ccc(-n3cnnn3)cc1)C(=O)NC2=O. The number of aromatic nitrogens is 5. The molecule has 0 saturated heterocycles. The molecule has 0 radical (unpaired) electrons. The van der Waals surface area contributed by atoms with Gasteiger partial charge in [0.2, 0.25) is 0 Å². The zero-order chi connectivity index (χ0) is 16.8. The normalized spacial score (nSPS) is 13.0. The van der Waals surface area contributed by atoms with Gasteiger partial charge in [0.25, 0.3) is 17.4 Å². The van der Waals surface area contributed by atoms with Crippen molar-refractivity contribution in [3.05, 3.63) is 58.1 Å². The Morgan fingerprint density at radius 3 is 2.38 bits per heavy atom. The summed E-state index contributed by atoms with van der Waals surface area (Å²) in [6.07, 6.45) is 1.43. The second-order valence-corrected chi connectivity index (χ2v) is 5.05. The molecule has 1 aliphatic rings. The van der Waals surface area contributed by atoms with Crippen LogP contribution in [-0.4, -0.2) is 36.6 Å². The maximum atomic E-state index is 12.3. The third kappa shape index (κ3) is 1.90. The third-order valence-electron chi connectivity index (χ3n) is 3.67. The molecule has 0 fully saturated rings. The number of anilines is 1. The van der Waals surface area contributed by atoms with Crippen LogP contribution in [0.5, 0.6) is 0 Å². The molecule has 3 heterocycles. The first-order valence-corrected chi connectivity index (χ1v) is 6.81. The van der Waals surface area contributed by atoms with E-state index in [4.69, 9.17) is 5.73 Å². The number of pyridine rings is 1. The van der Waals surface area contributed by atoms with Crippen LogP contribution in [0.1, 0.15) is 20.7 Å². The number of hydrogen-bond acceptors (Lipinski definition) is 7. The van der Waals surface area contributed by atoms with E-state index in [1.54, 1.807) is 24.3 Å². The van der Waals surface area contributed by atoms with Crippen LogP contribution in [0.25, 0.3) is 11.4 Å². The number of benzene rings is 1. The molecule has 0 spiro atoms. The molecule has 2 aromatic heterocycles. The molecule has 0 bridgehead atoms. The van der Waals surface area contributed by atoms with Crippen molar-refractivity contribution in [1.82, 2.24) is 30.1 Å². The van der Waals surface area contributed by atoms with E-state index in [0.717, 1.165) is 6.07 Å². The molecule has 3 aromatic rings. The number of nitrogens with one attached hydrogen (secondary N) is 1. The lowest BCUT2D eigenvalue weighted by Gasteiger charge is -2.12. The number of nitrogens with zero attached hydrogens (tertiary/aromatic N) is 5. The molecule has 1 aliphatic heterocycles. The molecule has 0 unspecified atom stereocenters. The maximum Gasteiger partial charge on any atom is 0.262 e. The first-order chi connectivity index (χ1) is 11.6. The first kappa shape index (κ1) is 13.8. The number of hydrogen-bond donors (Lipinski definition) is 2. The Morgan fingerprint density at radius 1 is 1.00 bits per heavy atom. The summed E-state index contributed by atoms with van der Waals surface area (Å²) in [4.78, 5) is 35.8. The highest BCUT2D eigenvalue weighted by molar-refractivity contribution is 6.23. The number of nitrogens with two attached hydrogens (primary N) is 1. The van der Waals surface area contributed by atoms with Crippen LogP contribution >= 0.6 is 0 Å². The smallest absolute Gasteiger partial charge is 0.262 e. The Balaban J connectivity index is 1.86. The highest BCUT2D eigenvalue weighted by Crippen LogP contribution is 2.23. The van der Waals surface area contributed by atoms with Gasteiger partial charge in [0.05, 0.1) is 22.5 Å². The molecule has 0 atom stereocenters. The van der Waals surface area contributed by atoms with Gasteiger partial charge in [-0.25, -0.2) is 4.68 Å². The largest absolute Gasteiger partial charge is 0.384 e. The quantitative estimate of drug-likeness (QED) is 0.593. The highest BCUT2D eigenvalue weighted by Gasteiger charge is 2.31. The summed E-state index contributed by atoms with van der Waals surface area (Å²) in [5, 5.41) is 13.0. The minimum absolute atomic E-state index is 0.00385. The highest BCUT2D eigenvalue weighted by atomic mass is 16.2. The zero-order valence-corrected chi connectivity index (χ0v) is 12.0. The number of tetrazole rings is 1. The van der Waals surface area contributed by atoms with Crippen LogP contribution in [0, 0.1) is 0 Å². The maximum absolute atomic E-state index is 12.3. The summed E-state index contributed by atoms with van der Waals surface area (Å²) in [5.74, 6) is -1.33. The number of carbonyl (C=O) groups is 2. The summed E-state index contributed by atoms with van der Waals surface area (Å²) in [6.45, 7) is 0. The van der Waals surface area contributed by atoms with Crippen LogP contribution in [0.15, 0.2) is 41.5 Å². The van der Waals surface area contributed by atoms with Crippen molar-refractivity contribution in [2.24, 2.45) is 0 Å². The summed E-state index contributed by atoms with van der Waals surface area (Å²) < 4.78 is 2.62. The molecule has 3 N–H and O–H groups in total. The van der Waals surface area contributed by atoms with Gasteiger partial charge in [-0.2, -0.15) is 0 Å². The van der Waals surface area contributed by atoms with Crippen molar-refractivity contribution in [3.8, 4) is 11.4 Å². The van der Waals surface area contributed by atoms with Gasteiger partial charge in [-0.15, -0.1) is 5.10 Å². The van der Waals surface area contributed by atoms with Crippen LogP contribution in [0.4, 0.5) is 5.82 Å². The molecule has 10 heteroatoms. The predicted octanol–water partition coefficient (Wildman–Crippen LogP) is -0.721. The van der Waals surface area contributed by atoms with E-state index in [-0.39, 0.29) is 16.9 Å². The van der Waals surface area contributed by atoms with Gasteiger partial charge in [0.15, 0.2) is 0 Å². The molecular weight excluding hydrogens is 314 g/mol. The van der Waals surface area contributed by atoms with Crippen LogP contribution < -0.4 is 16.6 Å². The number of imide groups is 1. The molecule has 0 saturated carbocycles. The molecule has 24 heavy (non-hydrogen) atoms. The van der Waals surface area contributed by atoms with Crippen LogP contribution in [0.3, 0.4) is 0 Å². The Hall–Kier alpha value is -3.82. The lowest BCUT2D eigenvalue weighted by molar-refractivity contribution is 0.0880. The fourth-order valence-corrected chi connectivity index (χ4v) is 2.58. The minimum atomic E-state index is -0.625. The number of nitrogen functional groups attached to an aromatic ring is 1. The van der Waals surface area contributed by atoms with Gasteiger partial charge in [-0.1, -0.05) is 0 Å². The number of carbonyl (C=O) groups excluding carboxylic acids is 2. The van der Waals surface area contributed by atoms with Gasteiger partial charge >= 0.3 is 0 Å². The van der Waals surface area contributed by atoms with Crippen molar-refractivity contribution in [2.45, 2.75) is 0 Å². The van der Waals surface area contributed by atoms with Crippen molar-refractivity contribution in [1.29, 1.82) is 0 Å². The standard InChI is InChI=1S/C14H9N7O3/c15-12-11-9(13(23)17-14(11)24)5-10(22)21(12)8-3-1-7(2-4-8)20-6-16-18-19-20/h1-6H,15H2,(H,17,23,24). The summed E-state index contributed by atoms with van der Waals surface area (Å²) in [5.41, 5.74) is 6.58. The van der Waals surface area contributed by atoms with E-state index < -0.39 is 17.4 Å². The van der Waals surface area contributed by atoms with Crippen LogP contribution in [-0.2, 0) is 0 Å². The van der Waals surface area contributed by atoms with Gasteiger partial charge in [0, 0.05) is 6.07 Å². The molecule has 2 amide bonds. The summed E-state index contributed by atoms with van der Waals surface area (Å²) >= 11 is 0. The minimum Gasteiger partial charge on any atom is -0.384 e. The van der Waals surface area contributed by atoms with E-state index in [2.05, 4.69) is 20.8 Å². The number of amides is 2. The number of rotatable bonds is 2. The van der Waals surface area contributed by atoms with Gasteiger partial charge in [0.1, 0.15) is 12.1 Å². The molecule has 0 aliphatic carbocycles. The van der Waals surface area contributed by atoms with E-state index in [9.17, 15) is 14.4 Å². The van der Waals surface area contributed by atoms with E-state index in [1.807, 2.05) is 0 Å². The first-order valence-electron chi connectivity index (χ1n) is 6.81.